The van der Waals surface area contributed by atoms with Crippen LogP contribution in [-0.4, -0.2) is 42.7 Å². The highest BCUT2D eigenvalue weighted by Gasteiger charge is 2.32. The molecule has 1 aromatic carbocycles. The summed E-state index contributed by atoms with van der Waals surface area (Å²) >= 11 is 0. The van der Waals surface area contributed by atoms with Crippen molar-refractivity contribution < 1.29 is 28.7 Å². The molecule has 2 rings (SSSR count). The third kappa shape index (κ3) is 5.40. The lowest BCUT2D eigenvalue weighted by atomic mass is 9.78. The third-order valence-corrected chi connectivity index (χ3v) is 5.69. The van der Waals surface area contributed by atoms with E-state index in [1.165, 1.54) is 20.1 Å². The first kappa shape index (κ1) is 23.4. The largest absolute Gasteiger partial charge is 0.493 e. The van der Waals surface area contributed by atoms with E-state index in [0.717, 1.165) is 25.3 Å². The zero-order valence-electron chi connectivity index (χ0n) is 18.1. The molecule has 1 aliphatic rings. The third-order valence-electron chi connectivity index (χ3n) is 5.69. The van der Waals surface area contributed by atoms with E-state index in [0.29, 0.717) is 11.8 Å². The number of hydrogen-bond donors (Lipinski definition) is 1. The smallest absolute Gasteiger partial charge is 0.346 e. The summed E-state index contributed by atoms with van der Waals surface area (Å²) in [7, 11) is 1.35. The summed E-state index contributed by atoms with van der Waals surface area (Å²) in [5.74, 6) is -0.262. The molecule has 0 saturated heterocycles. The van der Waals surface area contributed by atoms with Crippen LogP contribution < -0.4 is 14.8 Å². The lowest BCUT2D eigenvalue weighted by Gasteiger charge is -2.35. The zero-order valence-corrected chi connectivity index (χ0v) is 18.1. The molecule has 0 aromatic heterocycles. The summed E-state index contributed by atoms with van der Waals surface area (Å²) in [6, 6.07) is 2.33. The van der Waals surface area contributed by atoms with Crippen molar-refractivity contribution in [2.24, 2.45) is 11.8 Å². The molecule has 1 aromatic rings. The van der Waals surface area contributed by atoms with Crippen LogP contribution in [0.4, 0.5) is 5.69 Å². The number of ether oxygens (including phenoxy) is 3. The fourth-order valence-electron chi connectivity index (χ4n) is 3.65. The van der Waals surface area contributed by atoms with Gasteiger partial charge >= 0.3 is 5.97 Å². The molecular weight excluding hydrogens is 392 g/mol. The van der Waals surface area contributed by atoms with Crippen molar-refractivity contribution in [3.8, 4) is 11.5 Å². The van der Waals surface area contributed by atoms with Crippen LogP contribution >= 0.6 is 0 Å². The van der Waals surface area contributed by atoms with Gasteiger partial charge in [0.15, 0.2) is 17.6 Å². The van der Waals surface area contributed by atoms with Crippen LogP contribution in [0.1, 0.15) is 57.3 Å². The Morgan fingerprint density at radius 3 is 2.57 bits per heavy atom. The number of nitrogens with zero attached hydrogens (tertiary/aromatic N) is 1. The van der Waals surface area contributed by atoms with Gasteiger partial charge in [0.05, 0.1) is 24.7 Å². The van der Waals surface area contributed by atoms with Gasteiger partial charge in [-0.05, 0) is 32.1 Å². The zero-order chi connectivity index (χ0) is 22.4. The van der Waals surface area contributed by atoms with Crippen molar-refractivity contribution in [2.75, 3.05) is 13.7 Å². The van der Waals surface area contributed by atoms with Gasteiger partial charge in [-0.2, -0.15) is 0 Å². The van der Waals surface area contributed by atoms with Gasteiger partial charge in [0.25, 0.3) is 11.6 Å². The van der Waals surface area contributed by atoms with Gasteiger partial charge in [0.1, 0.15) is 5.56 Å². The average Bonchev–Trinajstić information content (AvgIpc) is 2.70. The van der Waals surface area contributed by atoms with Gasteiger partial charge in [0.2, 0.25) is 0 Å². The monoisotopic (exact) mass is 422 g/mol. The number of hydrogen-bond acceptors (Lipinski definition) is 7. The molecule has 1 amide bonds. The Morgan fingerprint density at radius 2 is 1.97 bits per heavy atom. The minimum absolute atomic E-state index is 0.0160. The maximum absolute atomic E-state index is 12.6. The molecule has 1 aliphatic carbocycles. The van der Waals surface area contributed by atoms with Gasteiger partial charge in [0, 0.05) is 12.1 Å². The minimum atomic E-state index is -1.10. The minimum Gasteiger partial charge on any atom is -0.493 e. The second-order valence-electron chi connectivity index (χ2n) is 7.64. The van der Waals surface area contributed by atoms with Gasteiger partial charge in [-0.3, -0.25) is 14.9 Å². The summed E-state index contributed by atoms with van der Waals surface area (Å²) < 4.78 is 15.7. The highest BCUT2D eigenvalue weighted by Crippen LogP contribution is 2.35. The van der Waals surface area contributed by atoms with Gasteiger partial charge in [-0.1, -0.05) is 26.7 Å². The summed E-state index contributed by atoms with van der Waals surface area (Å²) in [4.78, 5) is 35.9. The van der Waals surface area contributed by atoms with E-state index in [2.05, 4.69) is 19.2 Å². The molecular formula is C21H30N2O7. The first-order valence-electron chi connectivity index (χ1n) is 10.2. The van der Waals surface area contributed by atoms with Crippen LogP contribution in [-0.2, 0) is 9.53 Å². The van der Waals surface area contributed by atoms with Crippen LogP contribution in [0.25, 0.3) is 0 Å². The summed E-state index contributed by atoms with van der Waals surface area (Å²) in [6.45, 7) is 7.72. The number of nitro benzene ring substituents is 1. The first-order chi connectivity index (χ1) is 14.2. The quantitative estimate of drug-likeness (QED) is 0.387. The second kappa shape index (κ2) is 10.3. The molecule has 1 saturated carbocycles. The molecule has 0 spiro atoms. The predicted molar refractivity (Wildman–Crippen MR) is 110 cm³/mol. The van der Waals surface area contributed by atoms with Crippen LogP contribution in [0.15, 0.2) is 12.1 Å². The van der Waals surface area contributed by atoms with Crippen LogP contribution in [0.5, 0.6) is 11.5 Å². The number of methoxy groups -OCH3 is 1. The standard InChI is InChI=1S/C21H30N2O7/c1-6-29-19-10-15(17(23(26)27)11-18(19)28-5)21(25)30-14(4)20(24)22-16-9-7-8-12(2)13(16)3/h10-14,16H,6-9H2,1-5H3,(H,22,24)/t12-,13-,14+,16+/m0/s1. The Kier molecular flexibility index (Phi) is 8.02. The molecule has 30 heavy (non-hydrogen) atoms. The number of rotatable bonds is 8. The van der Waals surface area contributed by atoms with Crippen LogP contribution in [0.3, 0.4) is 0 Å². The van der Waals surface area contributed by atoms with Gasteiger partial charge < -0.3 is 19.5 Å². The van der Waals surface area contributed by atoms with Crippen molar-refractivity contribution in [3.05, 3.63) is 27.8 Å². The lowest BCUT2D eigenvalue weighted by Crippen LogP contribution is -2.47. The number of carbonyl (C=O) groups excluding carboxylic acids is 2. The summed E-state index contributed by atoms with van der Waals surface area (Å²) in [5.41, 5.74) is -0.786. The summed E-state index contributed by atoms with van der Waals surface area (Å²) in [6.07, 6.45) is 1.93. The fourth-order valence-corrected chi connectivity index (χ4v) is 3.65. The molecule has 0 unspecified atom stereocenters. The molecule has 0 heterocycles. The van der Waals surface area contributed by atoms with Crippen LogP contribution in [0.2, 0.25) is 0 Å². The van der Waals surface area contributed by atoms with Crippen LogP contribution in [0, 0.1) is 22.0 Å². The molecule has 1 N–H and O–H groups in total. The molecule has 166 valence electrons. The van der Waals surface area contributed by atoms with E-state index in [9.17, 15) is 19.7 Å². The SMILES string of the molecule is CCOc1cc(C(=O)O[C@H](C)C(=O)N[C@@H]2CCC[C@H](C)[C@@H]2C)c([N+](=O)[O-])cc1OC. The highest BCUT2D eigenvalue weighted by atomic mass is 16.6. The maximum Gasteiger partial charge on any atom is 0.346 e. The lowest BCUT2D eigenvalue weighted by molar-refractivity contribution is -0.385. The molecule has 4 atom stereocenters. The molecule has 1 fully saturated rings. The number of nitrogens with one attached hydrogen (secondary N) is 1. The second-order valence-corrected chi connectivity index (χ2v) is 7.64. The average molecular weight is 422 g/mol. The first-order valence-corrected chi connectivity index (χ1v) is 10.2. The number of carbonyl (C=O) groups is 2. The predicted octanol–water partition coefficient (Wildman–Crippen LogP) is 3.49. The van der Waals surface area contributed by atoms with Gasteiger partial charge in [-0.15, -0.1) is 0 Å². The normalized spacial score (nSPS) is 22.0. The number of amides is 1. The molecule has 0 bridgehead atoms. The molecule has 0 aliphatic heterocycles. The number of esters is 1. The topological polar surface area (TPSA) is 117 Å². The Balaban J connectivity index is 2.16. The molecule has 9 nitrogen and oxygen atoms in total. The van der Waals surface area contributed by atoms with E-state index in [-0.39, 0.29) is 29.7 Å². The Morgan fingerprint density at radius 1 is 1.27 bits per heavy atom. The molecule has 9 heteroatoms. The van der Waals surface area contributed by atoms with Gasteiger partial charge in [-0.25, -0.2) is 4.79 Å². The maximum atomic E-state index is 12.6. The highest BCUT2D eigenvalue weighted by molar-refractivity contribution is 5.96. The van der Waals surface area contributed by atoms with E-state index in [4.69, 9.17) is 14.2 Å². The van der Waals surface area contributed by atoms with Crippen molar-refractivity contribution >= 4 is 17.6 Å². The van der Waals surface area contributed by atoms with Crippen molar-refractivity contribution in [3.63, 3.8) is 0 Å². The Bertz CT molecular complexity index is 796. The van der Waals surface area contributed by atoms with Crippen molar-refractivity contribution in [1.29, 1.82) is 0 Å². The van der Waals surface area contributed by atoms with E-state index in [1.807, 2.05) is 0 Å². The Hall–Kier alpha value is -2.84. The van der Waals surface area contributed by atoms with Crippen molar-refractivity contribution in [1.82, 2.24) is 5.32 Å². The molecule has 0 radical (unpaired) electrons. The Labute approximate surface area is 176 Å². The van der Waals surface area contributed by atoms with E-state index < -0.39 is 28.6 Å². The number of nitro groups is 1. The van der Waals surface area contributed by atoms with E-state index in [1.54, 1.807) is 6.92 Å². The fraction of sp³-hybridized carbons (Fsp3) is 0.619. The van der Waals surface area contributed by atoms with Crippen molar-refractivity contribution in [2.45, 2.75) is 59.1 Å². The van der Waals surface area contributed by atoms with E-state index >= 15 is 0 Å². The number of benzene rings is 1. The summed E-state index contributed by atoms with van der Waals surface area (Å²) in [5, 5.41) is 14.4.